The molecule has 0 radical (unpaired) electrons. The molecule has 6 heteroatoms. The summed E-state index contributed by atoms with van der Waals surface area (Å²) >= 11 is 0. The Hall–Kier alpha value is -1.43. The molecule has 0 aromatic heterocycles. The number of alkyl halides is 1. The molecule has 0 bridgehead atoms. The normalized spacial score (nSPS) is 26.7. The molecule has 4 nitrogen and oxygen atoms in total. The van der Waals surface area contributed by atoms with E-state index >= 15 is 0 Å². The fourth-order valence-corrected chi connectivity index (χ4v) is 3.58. The smallest absolute Gasteiger partial charge is 0.313 e. The Morgan fingerprint density at radius 3 is 2.61 bits per heavy atom. The minimum absolute atomic E-state index is 0.108. The lowest BCUT2D eigenvalue weighted by molar-refractivity contribution is -0.145. The average molecular weight is 272 g/mol. The van der Waals surface area contributed by atoms with Gasteiger partial charge in [0.05, 0.1) is 11.5 Å². The molecular formula is C12H13FO4S. The van der Waals surface area contributed by atoms with Crippen molar-refractivity contribution in [3.8, 4) is 0 Å². The van der Waals surface area contributed by atoms with Crippen molar-refractivity contribution in [2.75, 3.05) is 6.61 Å². The van der Waals surface area contributed by atoms with Gasteiger partial charge in [-0.2, -0.15) is 0 Å². The first-order valence-electron chi connectivity index (χ1n) is 5.58. The van der Waals surface area contributed by atoms with Crippen molar-refractivity contribution >= 4 is 15.8 Å². The summed E-state index contributed by atoms with van der Waals surface area (Å²) in [5, 5.41) is -2.51. The molecular weight excluding hydrogens is 259 g/mol. The molecule has 0 aliphatic heterocycles. The molecule has 1 fully saturated rings. The minimum atomic E-state index is -4.15. The Morgan fingerprint density at radius 1 is 1.44 bits per heavy atom. The van der Waals surface area contributed by atoms with Crippen LogP contribution < -0.4 is 0 Å². The molecule has 98 valence electrons. The quantitative estimate of drug-likeness (QED) is 0.783. The van der Waals surface area contributed by atoms with E-state index in [1.54, 1.807) is 13.0 Å². The van der Waals surface area contributed by atoms with Gasteiger partial charge in [-0.25, -0.2) is 12.8 Å². The number of carbonyl (C=O) groups is 1. The molecule has 0 spiro atoms. The second-order valence-corrected chi connectivity index (χ2v) is 6.27. The molecule has 2 rings (SSSR count). The number of esters is 1. The van der Waals surface area contributed by atoms with Crippen molar-refractivity contribution in [2.24, 2.45) is 5.92 Å². The second kappa shape index (κ2) is 4.35. The van der Waals surface area contributed by atoms with E-state index in [1.807, 2.05) is 0 Å². The van der Waals surface area contributed by atoms with E-state index in [2.05, 4.69) is 4.74 Å². The molecule has 1 aromatic carbocycles. The van der Waals surface area contributed by atoms with Crippen LogP contribution in [-0.2, 0) is 19.4 Å². The van der Waals surface area contributed by atoms with E-state index in [9.17, 15) is 17.6 Å². The maximum Gasteiger partial charge on any atom is 0.313 e. The van der Waals surface area contributed by atoms with Crippen LogP contribution in [0, 0.1) is 5.92 Å². The van der Waals surface area contributed by atoms with Crippen molar-refractivity contribution in [1.29, 1.82) is 0 Å². The number of halogens is 1. The van der Waals surface area contributed by atoms with Gasteiger partial charge in [0.25, 0.3) is 0 Å². The van der Waals surface area contributed by atoms with Gasteiger partial charge < -0.3 is 4.74 Å². The Morgan fingerprint density at radius 2 is 2.06 bits per heavy atom. The Kier molecular flexibility index (Phi) is 3.14. The summed E-state index contributed by atoms with van der Waals surface area (Å²) in [5.74, 6) is -2.00. The van der Waals surface area contributed by atoms with E-state index in [0.29, 0.717) is 0 Å². The van der Waals surface area contributed by atoms with Gasteiger partial charge in [-0.05, 0) is 19.1 Å². The molecule has 0 heterocycles. The number of hydrogen-bond acceptors (Lipinski definition) is 4. The van der Waals surface area contributed by atoms with Crippen LogP contribution >= 0.6 is 0 Å². The number of benzene rings is 1. The fraction of sp³-hybridized carbons (Fsp3) is 0.417. The minimum Gasteiger partial charge on any atom is -0.466 e. The lowest BCUT2D eigenvalue weighted by Crippen LogP contribution is -2.24. The first-order valence-corrected chi connectivity index (χ1v) is 7.07. The fourth-order valence-electron chi connectivity index (χ4n) is 1.81. The zero-order chi connectivity index (χ0) is 13.4. The summed E-state index contributed by atoms with van der Waals surface area (Å²) < 4.78 is 43.1. The topological polar surface area (TPSA) is 60.4 Å². The highest BCUT2D eigenvalue weighted by Crippen LogP contribution is 2.54. The Labute approximate surface area is 105 Å². The van der Waals surface area contributed by atoms with E-state index in [1.165, 1.54) is 24.3 Å². The molecule has 0 unspecified atom stereocenters. The molecule has 1 aliphatic rings. The lowest BCUT2D eigenvalue weighted by Gasteiger charge is -2.09. The zero-order valence-corrected chi connectivity index (χ0v) is 10.6. The summed E-state index contributed by atoms with van der Waals surface area (Å²) in [6.07, 6.45) is -0.330. The predicted molar refractivity (Wildman–Crippen MR) is 62.2 cm³/mol. The van der Waals surface area contributed by atoms with Crippen LogP contribution in [0.15, 0.2) is 35.2 Å². The van der Waals surface area contributed by atoms with Crippen molar-refractivity contribution in [3.05, 3.63) is 30.3 Å². The third-order valence-electron chi connectivity index (χ3n) is 2.91. The lowest BCUT2D eigenvalue weighted by atomic mass is 10.4. The van der Waals surface area contributed by atoms with Crippen molar-refractivity contribution in [2.45, 2.75) is 23.2 Å². The van der Waals surface area contributed by atoms with E-state index in [-0.39, 0.29) is 17.9 Å². The highest BCUT2D eigenvalue weighted by Gasteiger charge is 2.69. The average Bonchev–Trinajstić information content (AvgIpc) is 3.05. The van der Waals surface area contributed by atoms with Crippen LogP contribution in [0.2, 0.25) is 0 Å². The molecule has 0 N–H and O–H groups in total. The largest absolute Gasteiger partial charge is 0.466 e. The van der Waals surface area contributed by atoms with Crippen molar-refractivity contribution in [3.63, 3.8) is 0 Å². The molecule has 1 saturated carbocycles. The number of hydrogen-bond donors (Lipinski definition) is 0. The third-order valence-corrected chi connectivity index (χ3v) is 5.15. The highest BCUT2D eigenvalue weighted by molar-refractivity contribution is 7.93. The number of carbonyl (C=O) groups excluding carboxylic acids is 1. The number of sulfone groups is 1. The predicted octanol–water partition coefficient (Wildman–Crippen LogP) is 1.71. The van der Waals surface area contributed by atoms with Crippen LogP contribution in [0.25, 0.3) is 0 Å². The molecule has 2 atom stereocenters. The van der Waals surface area contributed by atoms with Gasteiger partial charge in [0.1, 0.15) is 5.92 Å². The summed E-state index contributed by atoms with van der Waals surface area (Å²) in [6.45, 7) is 1.70. The van der Waals surface area contributed by atoms with Gasteiger partial charge in [-0.1, -0.05) is 18.2 Å². The second-order valence-electron chi connectivity index (χ2n) is 4.11. The summed E-state index contributed by atoms with van der Waals surface area (Å²) in [6, 6.07) is 7.30. The Bertz CT molecular complexity index is 555. The van der Waals surface area contributed by atoms with E-state index < -0.39 is 26.7 Å². The highest BCUT2D eigenvalue weighted by atomic mass is 32.2. The zero-order valence-electron chi connectivity index (χ0n) is 9.80. The SMILES string of the molecule is CCOC(=O)[C@@H]1C[C@@]1(F)S(=O)(=O)c1ccccc1. The maximum absolute atomic E-state index is 14.3. The monoisotopic (exact) mass is 272 g/mol. The summed E-state index contributed by atoms with van der Waals surface area (Å²) in [4.78, 5) is 11.3. The summed E-state index contributed by atoms with van der Waals surface area (Å²) in [5.41, 5.74) is 0. The van der Waals surface area contributed by atoms with Crippen LogP contribution in [0.3, 0.4) is 0 Å². The van der Waals surface area contributed by atoms with Gasteiger partial charge >= 0.3 is 5.97 Å². The van der Waals surface area contributed by atoms with E-state index in [0.717, 1.165) is 0 Å². The third kappa shape index (κ3) is 1.90. The van der Waals surface area contributed by atoms with Crippen molar-refractivity contribution < 1.29 is 22.3 Å². The molecule has 1 aromatic rings. The molecule has 18 heavy (non-hydrogen) atoms. The van der Waals surface area contributed by atoms with Crippen LogP contribution in [-0.4, -0.2) is 26.0 Å². The molecule has 1 aliphatic carbocycles. The first-order chi connectivity index (χ1) is 8.43. The first kappa shape index (κ1) is 13.0. The number of rotatable bonds is 4. The van der Waals surface area contributed by atoms with E-state index in [4.69, 9.17) is 0 Å². The van der Waals surface area contributed by atoms with Gasteiger partial charge in [-0.3, -0.25) is 4.79 Å². The number of ether oxygens (including phenoxy) is 1. The Balaban J connectivity index is 2.26. The molecule has 0 saturated heterocycles. The van der Waals surface area contributed by atoms with Crippen LogP contribution in [0.5, 0.6) is 0 Å². The van der Waals surface area contributed by atoms with Gasteiger partial charge in [0, 0.05) is 6.42 Å². The van der Waals surface area contributed by atoms with Crippen LogP contribution in [0.4, 0.5) is 4.39 Å². The maximum atomic E-state index is 14.3. The van der Waals surface area contributed by atoms with Gasteiger partial charge in [0.15, 0.2) is 0 Å². The van der Waals surface area contributed by atoms with Gasteiger partial charge in [-0.15, -0.1) is 0 Å². The van der Waals surface area contributed by atoms with Gasteiger partial charge in [0.2, 0.25) is 14.8 Å². The molecule has 0 amide bonds. The standard InChI is InChI=1S/C12H13FO4S/c1-2-17-11(14)10-8-12(10,13)18(15,16)9-6-4-3-5-7-9/h3-7,10H,2,8H2,1H3/t10-,12+/m0/s1. The van der Waals surface area contributed by atoms with Crippen molar-refractivity contribution in [1.82, 2.24) is 0 Å². The summed E-state index contributed by atoms with van der Waals surface area (Å²) in [7, 11) is -4.15. The van der Waals surface area contributed by atoms with Crippen LogP contribution in [0.1, 0.15) is 13.3 Å².